The maximum Gasteiger partial charge on any atom is 0.250 e. The molecule has 2 heterocycles. The van der Waals surface area contributed by atoms with E-state index in [1.807, 2.05) is 42.2 Å². The Balaban J connectivity index is 0.876. The lowest BCUT2D eigenvalue weighted by atomic mass is 10.0. The lowest BCUT2D eigenvalue weighted by molar-refractivity contribution is -0.127. The normalized spacial score (nSPS) is 14.1. The van der Waals surface area contributed by atoms with Crippen LogP contribution in [0.2, 0.25) is 0 Å². The van der Waals surface area contributed by atoms with Crippen molar-refractivity contribution in [2.24, 2.45) is 16.6 Å². The molecule has 1 saturated heterocycles. The lowest BCUT2D eigenvalue weighted by Crippen LogP contribution is -2.51. The number of carbonyl (C=O) groups excluding carboxylic acids is 1. The van der Waals surface area contributed by atoms with Gasteiger partial charge >= 0.3 is 0 Å². The third-order valence-electron chi connectivity index (χ3n) is 12.1. The molecule has 1 fully saturated rings. The van der Waals surface area contributed by atoms with Gasteiger partial charge in [-0.2, -0.15) is 4.31 Å². The van der Waals surface area contributed by atoms with Crippen molar-refractivity contribution in [3.63, 3.8) is 0 Å². The molecule has 3 aromatic carbocycles. The maximum absolute atomic E-state index is 14.1. The average molecular weight is 1070 g/mol. The molecular formula is C55H83N5O14S. The number of rotatable bonds is 42. The van der Waals surface area contributed by atoms with E-state index >= 15 is 0 Å². The third-order valence-corrected chi connectivity index (χ3v) is 13.9. The Morgan fingerprint density at radius 3 is 1.61 bits per heavy atom. The number of amides is 1. The van der Waals surface area contributed by atoms with Gasteiger partial charge < -0.3 is 63.1 Å². The minimum absolute atomic E-state index is 0.0336. The number of aliphatic hydroxyl groups excluding tert-OH is 1. The van der Waals surface area contributed by atoms with Gasteiger partial charge in [-0.1, -0.05) is 55.5 Å². The monoisotopic (exact) mass is 1070 g/mol. The quantitative estimate of drug-likeness (QED) is 0.0730. The molecule has 0 spiro atoms. The van der Waals surface area contributed by atoms with Crippen LogP contribution in [0.25, 0.3) is 17.2 Å². The van der Waals surface area contributed by atoms with Gasteiger partial charge in [0.05, 0.1) is 136 Å². The Morgan fingerprint density at radius 1 is 0.640 bits per heavy atom. The van der Waals surface area contributed by atoms with Gasteiger partial charge in [0.1, 0.15) is 5.84 Å². The van der Waals surface area contributed by atoms with Crippen LogP contribution in [-0.2, 0) is 75.3 Å². The van der Waals surface area contributed by atoms with Crippen LogP contribution >= 0.6 is 0 Å². The fourth-order valence-corrected chi connectivity index (χ4v) is 9.60. The highest BCUT2D eigenvalue weighted by molar-refractivity contribution is 7.89. The number of hydrogen-bond donors (Lipinski definition) is 2. The van der Waals surface area contributed by atoms with E-state index in [2.05, 4.69) is 48.1 Å². The highest BCUT2D eigenvalue weighted by Gasteiger charge is 2.36. The first-order valence-electron chi connectivity index (χ1n) is 26.3. The molecule has 3 aromatic rings. The van der Waals surface area contributed by atoms with Crippen LogP contribution in [0, 0.1) is 5.92 Å². The summed E-state index contributed by atoms with van der Waals surface area (Å²) in [5, 5.41) is 9.37. The van der Waals surface area contributed by atoms with E-state index in [0.717, 1.165) is 47.3 Å². The van der Waals surface area contributed by atoms with Crippen molar-refractivity contribution in [3.05, 3.63) is 89.0 Å². The molecule has 0 unspecified atom stereocenters. The molecular weight excluding hydrogens is 987 g/mol. The van der Waals surface area contributed by atoms with Crippen LogP contribution < -0.4 is 5.73 Å². The van der Waals surface area contributed by atoms with Gasteiger partial charge in [-0.15, -0.1) is 0 Å². The molecule has 0 bridgehead atoms. The first-order chi connectivity index (χ1) is 36.6. The van der Waals surface area contributed by atoms with Crippen LogP contribution in [0.1, 0.15) is 43.4 Å². The van der Waals surface area contributed by atoms with E-state index in [1.54, 1.807) is 18.2 Å². The Labute approximate surface area is 445 Å². The summed E-state index contributed by atoms with van der Waals surface area (Å²) in [5.41, 5.74) is 12.0. The van der Waals surface area contributed by atoms with E-state index in [0.29, 0.717) is 175 Å². The molecule has 5 rings (SSSR count). The summed E-state index contributed by atoms with van der Waals surface area (Å²) < 4.78 is 83.0. The van der Waals surface area contributed by atoms with Crippen molar-refractivity contribution in [2.45, 2.75) is 44.7 Å². The number of aliphatic hydroxyl groups is 1. The number of amidine groups is 1. The van der Waals surface area contributed by atoms with E-state index in [-0.39, 0.29) is 29.7 Å². The number of fused-ring (bicyclic) bond motifs is 1. The van der Waals surface area contributed by atoms with Crippen LogP contribution in [0.15, 0.2) is 82.2 Å². The smallest absolute Gasteiger partial charge is 0.250 e. The molecule has 75 heavy (non-hydrogen) atoms. The summed E-state index contributed by atoms with van der Waals surface area (Å²) in [4.78, 5) is 23.1. The van der Waals surface area contributed by atoms with Crippen LogP contribution in [0.4, 0.5) is 5.69 Å². The molecule has 2 aliphatic rings. The number of benzene rings is 3. The topological polar surface area (TPSA) is 212 Å². The molecule has 0 aromatic heterocycles. The van der Waals surface area contributed by atoms with Crippen molar-refractivity contribution in [1.82, 2.24) is 14.1 Å². The molecule has 2 aliphatic heterocycles. The first-order valence-corrected chi connectivity index (χ1v) is 27.8. The summed E-state index contributed by atoms with van der Waals surface area (Å²) >= 11 is 0. The molecule has 20 heteroatoms. The van der Waals surface area contributed by atoms with Gasteiger partial charge in [0.25, 0.3) is 5.91 Å². The number of nitrogens with zero attached hydrogens (tertiary/aromatic N) is 4. The highest BCUT2D eigenvalue weighted by Crippen LogP contribution is 2.34. The minimum Gasteiger partial charge on any atom is -0.396 e. The first kappa shape index (κ1) is 61.6. The molecule has 0 atom stereocenters. The second-order valence-electron chi connectivity index (χ2n) is 18.1. The summed E-state index contributed by atoms with van der Waals surface area (Å²) in [6.07, 6.45) is 2.86. The summed E-state index contributed by atoms with van der Waals surface area (Å²) in [7, 11) is -1.62. The van der Waals surface area contributed by atoms with Crippen molar-refractivity contribution in [3.8, 4) is 11.1 Å². The van der Waals surface area contributed by atoms with Crippen LogP contribution in [0.5, 0.6) is 0 Å². The van der Waals surface area contributed by atoms with Crippen molar-refractivity contribution in [2.75, 3.05) is 172 Å². The van der Waals surface area contributed by atoms with Crippen molar-refractivity contribution in [1.29, 1.82) is 0 Å². The standard InChI is InChI=1S/C55H83N5O14S/c1-4-15-59(55(62)51-36-50-14-13-49(38-53(50)57-54(56)39-51)48-7-6-8-52(37-48)75(63,64)60-42-47(43-60)44-61)41-46-11-9-45(10-12-46)40-58(3)16-17-66-20-21-68-24-25-70-28-29-72-32-33-74-35-34-73-31-30-71-27-26-69-23-22-67-19-18-65-5-2/h6-14,36-38,47,61H,4-5,15-35,39-44H2,1-3H3,(H2,56,57). The summed E-state index contributed by atoms with van der Waals surface area (Å²) in [5.74, 6) is 0.195. The fourth-order valence-electron chi connectivity index (χ4n) is 7.96. The molecule has 418 valence electrons. The SMILES string of the molecule is CCCN(Cc1ccc(CN(C)CCOCCOCCOCCOCCOCCOCCOCCOCCOCCOCC)cc1)C(=O)C1=Cc2ccc(-c3cccc(S(=O)(=O)N4CC(CO)C4)c3)cc2N=C(N)C1. The van der Waals surface area contributed by atoms with E-state index in [1.165, 1.54) is 4.31 Å². The predicted molar refractivity (Wildman–Crippen MR) is 287 cm³/mol. The predicted octanol–water partition coefficient (Wildman–Crippen LogP) is 4.80. The Hall–Kier alpha value is -4.23. The molecule has 0 radical (unpaired) electrons. The van der Waals surface area contributed by atoms with Gasteiger partial charge in [-0.05, 0) is 66.9 Å². The van der Waals surface area contributed by atoms with Crippen molar-refractivity contribution >= 4 is 33.5 Å². The zero-order valence-corrected chi connectivity index (χ0v) is 45.4. The van der Waals surface area contributed by atoms with Gasteiger partial charge in [0.15, 0.2) is 0 Å². The van der Waals surface area contributed by atoms with Gasteiger partial charge in [-0.25, -0.2) is 13.4 Å². The number of hydrogen-bond acceptors (Lipinski definition) is 17. The largest absolute Gasteiger partial charge is 0.396 e. The number of nitrogens with two attached hydrogens (primary N) is 1. The van der Waals surface area contributed by atoms with E-state index < -0.39 is 10.0 Å². The molecule has 0 aliphatic carbocycles. The van der Waals surface area contributed by atoms with Gasteiger partial charge in [0.2, 0.25) is 10.0 Å². The Bertz CT molecular complexity index is 2250. The molecule has 19 nitrogen and oxygen atoms in total. The second-order valence-corrected chi connectivity index (χ2v) is 20.0. The molecule has 1 amide bonds. The number of carbonyl (C=O) groups is 1. The van der Waals surface area contributed by atoms with Gasteiger partial charge in [-0.3, -0.25) is 9.69 Å². The number of likely N-dealkylation sites (N-methyl/N-ethyl adjacent to an activating group) is 1. The number of ether oxygens (including phenoxy) is 10. The van der Waals surface area contributed by atoms with E-state index in [9.17, 15) is 18.3 Å². The van der Waals surface area contributed by atoms with Gasteiger partial charge in [0, 0.05) is 76.0 Å². The summed E-state index contributed by atoms with van der Waals surface area (Å²) in [6.45, 7) is 17.6. The highest BCUT2D eigenvalue weighted by atomic mass is 32.2. The van der Waals surface area contributed by atoms with Crippen LogP contribution in [-0.4, -0.2) is 211 Å². The molecule has 0 saturated carbocycles. The number of aliphatic imine (C=N–C) groups is 1. The summed E-state index contributed by atoms with van der Waals surface area (Å²) in [6, 6.07) is 20.8. The zero-order valence-electron chi connectivity index (χ0n) is 44.5. The third kappa shape index (κ3) is 23.1. The lowest BCUT2D eigenvalue weighted by Gasteiger charge is -2.36. The Kier molecular flexibility index (Phi) is 29.6. The Morgan fingerprint density at radius 2 is 1.12 bits per heavy atom. The zero-order chi connectivity index (χ0) is 53.4. The minimum atomic E-state index is -3.68. The maximum atomic E-state index is 14.1. The van der Waals surface area contributed by atoms with Crippen LogP contribution in [0.3, 0.4) is 0 Å². The molecule has 3 N–H and O–H groups in total. The number of sulfonamides is 1. The second kappa shape index (κ2) is 36.0. The fraction of sp³-hybridized carbons (Fsp3) is 0.600. The average Bonchev–Trinajstić information content (AvgIpc) is 3.57. The van der Waals surface area contributed by atoms with E-state index in [4.69, 9.17) is 53.1 Å². The van der Waals surface area contributed by atoms with Crippen molar-refractivity contribution < 1.29 is 65.7 Å².